The van der Waals surface area contributed by atoms with Gasteiger partial charge in [-0.1, -0.05) is 0 Å². The fraction of sp³-hybridized carbons (Fsp3) is 0.778. The number of aliphatic imine (C=N–C) groups is 2. The molecule has 0 aliphatic carbocycles. The van der Waals surface area contributed by atoms with E-state index in [1.165, 1.54) is 6.01 Å². The van der Waals surface area contributed by atoms with Crippen LogP contribution in [0.1, 0.15) is 13.3 Å². The molecule has 0 radical (unpaired) electrons. The van der Waals surface area contributed by atoms with Gasteiger partial charge in [-0.25, -0.2) is 20.8 Å². The van der Waals surface area contributed by atoms with Crippen molar-refractivity contribution < 1.29 is 0 Å². The first-order chi connectivity index (χ1) is 6.68. The van der Waals surface area contributed by atoms with Crippen LogP contribution in [0.3, 0.4) is 0 Å². The molecule has 0 aromatic rings. The SMILES string of the molecule is CCN=C=NCCCN(C)C.N=C=N. The summed E-state index contributed by atoms with van der Waals surface area (Å²) >= 11 is 0. The molecule has 0 unspecified atom stereocenters. The van der Waals surface area contributed by atoms with Crippen LogP contribution in [0.4, 0.5) is 0 Å². The van der Waals surface area contributed by atoms with Crippen molar-refractivity contribution in [2.24, 2.45) is 9.98 Å². The maximum Gasteiger partial charge on any atom is 0.0892 e. The molecule has 0 saturated heterocycles. The Morgan fingerprint density at radius 2 is 1.79 bits per heavy atom. The van der Waals surface area contributed by atoms with Crippen molar-refractivity contribution in [3.05, 3.63) is 0 Å². The molecule has 0 rings (SSSR count). The fourth-order valence-electron chi connectivity index (χ4n) is 0.637. The summed E-state index contributed by atoms with van der Waals surface area (Å²) < 4.78 is 0. The summed E-state index contributed by atoms with van der Waals surface area (Å²) in [6, 6.07) is 3.89. The molecule has 14 heavy (non-hydrogen) atoms. The van der Waals surface area contributed by atoms with Gasteiger partial charge in [0.2, 0.25) is 0 Å². The first kappa shape index (κ1) is 15.2. The van der Waals surface area contributed by atoms with Crippen molar-refractivity contribution in [2.45, 2.75) is 13.3 Å². The highest BCUT2D eigenvalue weighted by Crippen LogP contribution is 1.82. The highest BCUT2D eigenvalue weighted by Gasteiger charge is 1.86. The highest BCUT2D eigenvalue weighted by atomic mass is 15.0. The molecule has 0 aromatic heterocycles. The van der Waals surface area contributed by atoms with Gasteiger partial charge in [0, 0.05) is 6.54 Å². The summed E-state index contributed by atoms with van der Waals surface area (Å²) in [5.41, 5.74) is 0. The molecular formula is C9H19N5. The summed E-state index contributed by atoms with van der Waals surface area (Å²) in [4.78, 5) is 9.99. The van der Waals surface area contributed by atoms with Crippen molar-refractivity contribution in [3.63, 3.8) is 0 Å². The van der Waals surface area contributed by atoms with Crippen LogP contribution in [0, 0.1) is 10.8 Å². The van der Waals surface area contributed by atoms with Crippen LogP contribution < -0.4 is 0 Å². The topological polar surface area (TPSA) is 75.7 Å². The number of hydrogen-bond acceptors (Lipinski definition) is 5. The molecule has 80 valence electrons. The molecule has 0 aliphatic heterocycles. The zero-order valence-electron chi connectivity index (χ0n) is 9.17. The average Bonchev–Trinajstić information content (AvgIpc) is 2.12. The van der Waals surface area contributed by atoms with Gasteiger partial charge in [-0.15, -0.1) is 0 Å². The largest absolute Gasteiger partial charge is 0.309 e. The minimum Gasteiger partial charge on any atom is -0.309 e. The van der Waals surface area contributed by atoms with Gasteiger partial charge in [-0.2, -0.15) is 0 Å². The van der Waals surface area contributed by atoms with Crippen molar-refractivity contribution in [3.8, 4) is 0 Å². The minimum atomic E-state index is 0.775. The van der Waals surface area contributed by atoms with Gasteiger partial charge in [0.25, 0.3) is 0 Å². The second-order valence-electron chi connectivity index (χ2n) is 2.74. The number of nitrogens with zero attached hydrogens (tertiary/aromatic N) is 3. The third-order valence-corrected chi connectivity index (χ3v) is 1.17. The molecule has 5 nitrogen and oxygen atoms in total. The molecule has 0 atom stereocenters. The lowest BCUT2D eigenvalue weighted by molar-refractivity contribution is 0.403. The predicted molar refractivity (Wildman–Crippen MR) is 58.9 cm³/mol. The van der Waals surface area contributed by atoms with E-state index >= 15 is 0 Å². The van der Waals surface area contributed by atoms with Crippen molar-refractivity contribution in [1.82, 2.24) is 4.90 Å². The van der Waals surface area contributed by atoms with Crippen LogP contribution >= 0.6 is 0 Å². The van der Waals surface area contributed by atoms with Crippen molar-refractivity contribution >= 4 is 12.0 Å². The zero-order valence-corrected chi connectivity index (χ0v) is 9.17. The molecule has 0 amide bonds. The Morgan fingerprint density at radius 1 is 1.21 bits per heavy atom. The van der Waals surface area contributed by atoms with E-state index in [2.05, 4.69) is 35.0 Å². The molecule has 0 spiro atoms. The van der Waals surface area contributed by atoms with Gasteiger partial charge in [0.05, 0.1) is 18.6 Å². The van der Waals surface area contributed by atoms with E-state index in [0.29, 0.717) is 0 Å². The first-order valence-electron chi connectivity index (χ1n) is 4.50. The molecule has 5 heteroatoms. The lowest BCUT2D eigenvalue weighted by Crippen LogP contribution is -2.13. The Balaban J connectivity index is 0. The molecule has 0 fully saturated rings. The van der Waals surface area contributed by atoms with Crippen molar-refractivity contribution in [1.29, 1.82) is 10.8 Å². The molecule has 0 saturated carbocycles. The predicted octanol–water partition coefficient (Wildman–Crippen LogP) is 1.45. The molecule has 0 aromatic carbocycles. The summed E-state index contributed by atoms with van der Waals surface area (Å²) in [7, 11) is 4.12. The number of hydrogen-bond donors (Lipinski definition) is 2. The van der Waals surface area contributed by atoms with Gasteiger partial charge < -0.3 is 4.90 Å². The van der Waals surface area contributed by atoms with Crippen LogP contribution in [-0.4, -0.2) is 50.6 Å². The highest BCUT2D eigenvalue weighted by molar-refractivity contribution is 5.40. The van der Waals surface area contributed by atoms with Gasteiger partial charge in [-0.3, -0.25) is 0 Å². The molecule has 0 heterocycles. The lowest BCUT2D eigenvalue weighted by atomic mass is 10.4. The van der Waals surface area contributed by atoms with Crippen LogP contribution in [0.15, 0.2) is 9.98 Å². The maximum absolute atomic E-state index is 5.62. The van der Waals surface area contributed by atoms with Crippen LogP contribution in [0.5, 0.6) is 0 Å². The minimum absolute atomic E-state index is 0.775. The standard InChI is InChI=1S/C8H17N3.CH2N2/c1-4-9-8-10-6-5-7-11(2)3;2-1-3/h4-7H2,1-3H3;2-3H. The van der Waals surface area contributed by atoms with Crippen LogP contribution in [-0.2, 0) is 0 Å². The van der Waals surface area contributed by atoms with E-state index in [-0.39, 0.29) is 0 Å². The van der Waals surface area contributed by atoms with E-state index in [4.69, 9.17) is 10.8 Å². The summed E-state index contributed by atoms with van der Waals surface area (Å²) in [5.74, 6) is 0. The molecule has 2 N–H and O–H groups in total. The van der Waals surface area contributed by atoms with E-state index in [1.807, 2.05) is 6.92 Å². The van der Waals surface area contributed by atoms with Crippen molar-refractivity contribution in [2.75, 3.05) is 33.7 Å². The monoisotopic (exact) mass is 197 g/mol. The molecule has 0 bridgehead atoms. The van der Waals surface area contributed by atoms with E-state index in [1.54, 1.807) is 0 Å². The summed E-state index contributed by atoms with van der Waals surface area (Å²) in [6.07, 6.45) is 1.08. The lowest BCUT2D eigenvalue weighted by Gasteiger charge is -2.05. The normalized spacial score (nSPS) is 8.00. The first-order valence-corrected chi connectivity index (χ1v) is 4.50. The smallest absolute Gasteiger partial charge is 0.0892 e. The van der Waals surface area contributed by atoms with Gasteiger partial charge in [0.1, 0.15) is 0 Å². The Hall–Kier alpha value is -1.28. The summed E-state index contributed by atoms with van der Waals surface area (Å²) in [5, 5.41) is 11.2. The Labute approximate surface area is 85.6 Å². The Bertz CT molecular complexity index is 197. The van der Waals surface area contributed by atoms with Gasteiger partial charge in [-0.05, 0) is 34.0 Å². The second kappa shape index (κ2) is 14.3. The van der Waals surface area contributed by atoms with Gasteiger partial charge in [0.15, 0.2) is 0 Å². The maximum atomic E-state index is 5.62. The van der Waals surface area contributed by atoms with E-state index in [0.717, 1.165) is 26.1 Å². The second-order valence-corrected chi connectivity index (χ2v) is 2.74. The zero-order chi connectivity index (χ0) is 11.2. The van der Waals surface area contributed by atoms with Crippen LogP contribution in [0.25, 0.3) is 0 Å². The van der Waals surface area contributed by atoms with Gasteiger partial charge >= 0.3 is 0 Å². The number of rotatable bonds is 5. The van der Waals surface area contributed by atoms with E-state index in [9.17, 15) is 0 Å². The third kappa shape index (κ3) is 22.4. The third-order valence-electron chi connectivity index (χ3n) is 1.17. The fourth-order valence-corrected chi connectivity index (χ4v) is 0.637. The van der Waals surface area contributed by atoms with E-state index < -0.39 is 0 Å². The molecular weight excluding hydrogens is 178 g/mol. The summed E-state index contributed by atoms with van der Waals surface area (Å²) in [6.45, 7) is 4.67. The Morgan fingerprint density at radius 3 is 2.21 bits per heavy atom. The number of nitrogens with one attached hydrogen (secondary N) is 2. The quantitative estimate of drug-likeness (QED) is 0.508. The molecule has 0 aliphatic rings. The van der Waals surface area contributed by atoms with Crippen LogP contribution in [0.2, 0.25) is 0 Å². The average molecular weight is 197 g/mol. The Kier molecular flexibility index (Phi) is 15.5.